The van der Waals surface area contributed by atoms with E-state index < -0.39 is 19.4 Å². The maximum atomic E-state index is 12.7. The molecular weight excluding hydrogens is 485 g/mol. The van der Waals surface area contributed by atoms with Gasteiger partial charge in [0, 0.05) is 28.8 Å². The molecule has 36 heavy (non-hydrogen) atoms. The van der Waals surface area contributed by atoms with Crippen molar-refractivity contribution in [2.45, 2.75) is 12.8 Å². The minimum atomic E-state index is -4.59. The highest BCUT2D eigenvalue weighted by molar-refractivity contribution is 6.09. The third kappa shape index (κ3) is 5.26. The van der Waals surface area contributed by atoms with E-state index >= 15 is 0 Å². The molecule has 2 aromatic rings. The Bertz CT molecular complexity index is 1470. The zero-order valence-corrected chi connectivity index (χ0v) is 18.3. The fourth-order valence-corrected chi connectivity index (χ4v) is 3.54. The van der Waals surface area contributed by atoms with Crippen LogP contribution in [-0.4, -0.2) is 40.9 Å². The first-order chi connectivity index (χ1) is 17.1. The van der Waals surface area contributed by atoms with Gasteiger partial charge < -0.3 is 19.8 Å². The number of carbonyl (C=O) groups excluding carboxylic acids is 1. The van der Waals surface area contributed by atoms with Gasteiger partial charge in [0.15, 0.2) is 12.5 Å². The van der Waals surface area contributed by atoms with E-state index in [9.17, 15) is 26.7 Å². The van der Waals surface area contributed by atoms with E-state index in [1.54, 1.807) is 12.2 Å². The zero-order valence-electron chi connectivity index (χ0n) is 18.3. The average Bonchev–Trinajstić information content (AvgIpc) is 2.83. The lowest BCUT2D eigenvalue weighted by Crippen LogP contribution is -2.40. The summed E-state index contributed by atoms with van der Waals surface area (Å²) in [6.07, 6.45) is 1.60. The van der Waals surface area contributed by atoms with Gasteiger partial charge in [-0.15, -0.1) is 0 Å². The summed E-state index contributed by atoms with van der Waals surface area (Å²) in [5, 5.41) is 8.39. The van der Waals surface area contributed by atoms with Crippen LogP contribution in [0.15, 0.2) is 78.2 Å². The van der Waals surface area contributed by atoms with Gasteiger partial charge >= 0.3 is 12.8 Å². The molecule has 0 atom stereocenters. The smallest absolute Gasteiger partial charge is 0.422 e. The summed E-state index contributed by atoms with van der Waals surface area (Å²) in [5.41, 5.74) is 1.49. The summed E-state index contributed by atoms with van der Waals surface area (Å²) in [6.45, 7) is -0.810. The number of pyridine rings is 1. The summed E-state index contributed by atoms with van der Waals surface area (Å²) < 4.78 is 72.3. The number of nitrogens with zero attached hydrogens (tertiary/aromatic N) is 2. The van der Waals surface area contributed by atoms with E-state index in [2.05, 4.69) is 16.3 Å². The number of alkyl halides is 5. The molecule has 0 unspecified atom stereocenters. The molecule has 0 radical (unpaired) electrons. The van der Waals surface area contributed by atoms with Crippen LogP contribution in [0.1, 0.15) is 5.56 Å². The lowest BCUT2D eigenvalue weighted by Gasteiger charge is -2.28. The highest BCUT2D eigenvalue weighted by Crippen LogP contribution is 2.30. The van der Waals surface area contributed by atoms with Crippen LogP contribution in [0.2, 0.25) is 0 Å². The number of allylic oxidation sites excluding steroid dienone is 5. The molecule has 0 fully saturated rings. The second kappa shape index (κ2) is 9.63. The standard InChI is InChI=1S/C25H16F5N3O3/c1-14-10-17(5-8-19(14)31)33-11-16-4-9-21(35-13-25(28,29)30)32-23(16)22(20(33)12-34)15-2-6-18(7-3-15)36-24(26)27/h2-11,24,31H,1,13H2. The number of aromatic nitrogens is 1. The molecule has 0 spiro atoms. The van der Waals surface area contributed by atoms with Crippen molar-refractivity contribution in [3.05, 3.63) is 94.3 Å². The molecule has 1 aliphatic heterocycles. The van der Waals surface area contributed by atoms with Crippen LogP contribution in [0.4, 0.5) is 22.0 Å². The normalized spacial score (nSPS) is 15.4. The van der Waals surface area contributed by atoms with Gasteiger partial charge in [0.05, 0.1) is 11.1 Å². The summed E-state index contributed by atoms with van der Waals surface area (Å²) >= 11 is 0. The molecule has 1 N–H and O–H groups in total. The molecule has 1 aromatic carbocycles. The van der Waals surface area contributed by atoms with E-state index in [4.69, 9.17) is 10.1 Å². The molecule has 0 saturated heterocycles. The third-order valence-corrected chi connectivity index (χ3v) is 5.10. The number of ether oxygens (including phenoxy) is 2. The molecule has 6 nitrogen and oxygen atoms in total. The molecule has 1 aliphatic carbocycles. The lowest BCUT2D eigenvalue weighted by atomic mass is 9.97. The van der Waals surface area contributed by atoms with Crippen molar-refractivity contribution in [1.82, 2.24) is 9.88 Å². The van der Waals surface area contributed by atoms with Gasteiger partial charge in [-0.1, -0.05) is 18.7 Å². The molecule has 0 bridgehead atoms. The maximum Gasteiger partial charge on any atom is 0.422 e. The number of hydrogen-bond donors (Lipinski definition) is 1. The van der Waals surface area contributed by atoms with Crippen LogP contribution < -0.4 is 20.0 Å². The number of halogens is 5. The Morgan fingerprint density at radius 3 is 2.44 bits per heavy atom. The summed E-state index contributed by atoms with van der Waals surface area (Å²) in [6, 6.07) is 8.05. The largest absolute Gasteiger partial charge is 0.468 e. The molecule has 184 valence electrons. The fraction of sp³-hybridized carbons (Fsp3) is 0.120. The van der Waals surface area contributed by atoms with Gasteiger partial charge in [-0.05, 0) is 47.6 Å². The molecule has 4 rings (SSSR count). The van der Waals surface area contributed by atoms with Crippen LogP contribution in [0, 0.1) is 5.41 Å². The van der Waals surface area contributed by atoms with E-state index in [1.807, 2.05) is 5.94 Å². The van der Waals surface area contributed by atoms with Crippen molar-refractivity contribution in [2.75, 3.05) is 6.61 Å². The SMILES string of the molecule is C=C1C=C(N2C=c3ccc(OCC(F)(F)F)nc3=C(c3ccc(OC(F)F)cc3)C2=C=O)C=CC1=N. The second-order valence-corrected chi connectivity index (χ2v) is 7.56. The molecule has 0 amide bonds. The van der Waals surface area contributed by atoms with Gasteiger partial charge in [-0.2, -0.15) is 22.0 Å². The number of fused-ring (bicyclic) bond motifs is 1. The van der Waals surface area contributed by atoms with Crippen molar-refractivity contribution < 1.29 is 36.2 Å². The monoisotopic (exact) mass is 501 g/mol. The summed E-state index contributed by atoms with van der Waals surface area (Å²) in [4.78, 5) is 17.9. The first-order valence-corrected chi connectivity index (χ1v) is 10.3. The minimum absolute atomic E-state index is 0.0531. The predicted molar refractivity (Wildman–Crippen MR) is 120 cm³/mol. The van der Waals surface area contributed by atoms with Crippen molar-refractivity contribution in [3.8, 4) is 11.6 Å². The highest BCUT2D eigenvalue weighted by Gasteiger charge is 2.29. The van der Waals surface area contributed by atoms with Crippen LogP contribution in [0.3, 0.4) is 0 Å². The minimum Gasteiger partial charge on any atom is -0.468 e. The summed E-state index contributed by atoms with van der Waals surface area (Å²) in [5.74, 6) is 1.39. The second-order valence-electron chi connectivity index (χ2n) is 7.56. The molecule has 2 aliphatic rings. The van der Waals surface area contributed by atoms with Gasteiger partial charge in [0.2, 0.25) is 5.88 Å². The number of benzene rings is 1. The van der Waals surface area contributed by atoms with Crippen molar-refractivity contribution >= 4 is 23.4 Å². The first-order valence-electron chi connectivity index (χ1n) is 10.3. The Kier molecular flexibility index (Phi) is 6.59. The highest BCUT2D eigenvalue weighted by atomic mass is 19.4. The van der Waals surface area contributed by atoms with Crippen molar-refractivity contribution in [1.29, 1.82) is 5.41 Å². The first kappa shape index (κ1) is 24.6. The van der Waals surface area contributed by atoms with Crippen LogP contribution >= 0.6 is 0 Å². The van der Waals surface area contributed by atoms with E-state index in [-0.39, 0.29) is 34.0 Å². The van der Waals surface area contributed by atoms with Gasteiger partial charge in [0.25, 0.3) is 0 Å². The molecular formula is C25H16F5N3O3. The maximum absolute atomic E-state index is 12.7. The number of hydrogen-bond acceptors (Lipinski definition) is 6. The van der Waals surface area contributed by atoms with Gasteiger partial charge in [0.1, 0.15) is 11.4 Å². The average molecular weight is 501 g/mol. The quantitative estimate of drug-likeness (QED) is 0.484. The van der Waals surface area contributed by atoms with Crippen molar-refractivity contribution in [3.63, 3.8) is 0 Å². The Morgan fingerprint density at radius 1 is 1.11 bits per heavy atom. The van der Waals surface area contributed by atoms with Crippen LogP contribution in [-0.2, 0) is 4.79 Å². The Balaban J connectivity index is 1.90. The zero-order chi connectivity index (χ0) is 26.0. The molecule has 2 heterocycles. The Hall–Kier alpha value is -4.50. The van der Waals surface area contributed by atoms with Crippen LogP contribution in [0.5, 0.6) is 11.6 Å². The Labute approximate surface area is 200 Å². The topological polar surface area (TPSA) is 75.5 Å². The van der Waals surface area contributed by atoms with Crippen molar-refractivity contribution in [2.24, 2.45) is 0 Å². The molecule has 1 aromatic heterocycles. The van der Waals surface area contributed by atoms with E-state index in [1.165, 1.54) is 53.6 Å². The van der Waals surface area contributed by atoms with Gasteiger partial charge in [-0.3, -0.25) is 0 Å². The van der Waals surface area contributed by atoms with Gasteiger partial charge in [-0.25, -0.2) is 9.78 Å². The number of nitrogens with one attached hydrogen (secondary N) is 1. The van der Waals surface area contributed by atoms with E-state index in [0.717, 1.165) is 0 Å². The Morgan fingerprint density at radius 2 is 1.83 bits per heavy atom. The summed E-state index contributed by atoms with van der Waals surface area (Å²) in [7, 11) is 0. The predicted octanol–water partition coefficient (Wildman–Crippen LogP) is 3.62. The van der Waals surface area contributed by atoms with E-state index in [0.29, 0.717) is 22.1 Å². The molecule has 0 saturated carbocycles. The van der Waals surface area contributed by atoms with Crippen LogP contribution in [0.25, 0.3) is 11.8 Å². The fourth-order valence-electron chi connectivity index (χ4n) is 3.54. The molecule has 11 heteroatoms. The lowest BCUT2D eigenvalue weighted by molar-refractivity contribution is -0.154. The third-order valence-electron chi connectivity index (χ3n) is 5.10. The number of rotatable bonds is 6.